The molecule has 2 heterocycles. The first-order valence-electron chi connectivity index (χ1n) is 7.00. The summed E-state index contributed by atoms with van der Waals surface area (Å²) in [6.45, 7) is 5.91. The largest absolute Gasteiger partial charge is 0.339 e. The highest BCUT2D eigenvalue weighted by Gasteiger charge is 2.26. The van der Waals surface area contributed by atoms with Gasteiger partial charge < -0.3 is 10.2 Å². The molecular weight excluding hydrogens is 240 g/mol. The van der Waals surface area contributed by atoms with E-state index in [0.29, 0.717) is 6.04 Å². The predicted octanol–water partition coefficient (Wildman–Crippen LogP) is 1.25. The second-order valence-electron chi connectivity index (χ2n) is 5.42. The lowest BCUT2D eigenvalue weighted by molar-refractivity contribution is 0.0719. The fourth-order valence-corrected chi connectivity index (χ4v) is 2.81. The van der Waals surface area contributed by atoms with Gasteiger partial charge in [0.25, 0.3) is 5.91 Å². The molecule has 0 radical (unpaired) electrons. The fraction of sp³-hybridized carbons (Fsp3) is 0.714. The summed E-state index contributed by atoms with van der Waals surface area (Å²) in [5.74, 6) is 0.106. The van der Waals surface area contributed by atoms with E-state index in [4.69, 9.17) is 0 Å². The van der Waals surface area contributed by atoms with Crippen molar-refractivity contribution in [1.29, 1.82) is 0 Å². The number of aromatic nitrogens is 2. The molecule has 0 bridgehead atoms. The van der Waals surface area contributed by atoms with E-state index in [2.05, 4.69) is 10.4 Å². The number of hydrogen-bond donors (Lipinski definition) is 1. The first-order valence-corrected chi connectivity index (χ1v) is 7.00. The third-order valence-corrected chi connectivity index (χ3v) is 4.14. The summed E-state index contributed by atoms with van der Waals surface area (Å²) in [5.41, 5.74) is 2.53. The first-order chi connectivity index (χ1) is 9.02. The SMILES string of the molecule is Cc1nn(C)c(C)c1C(=O)N(C)C1CCCNCC1. The summed E-state index contributed by atoms with van der Waals surface area (Å²) >= 11 is 0. The Hall–Kier alpha value is -1.36. The van der Waals surface area contributed by atoms with Crippen molar-refractivity contribution in [2.24, 2.45) is 7.05 Å². The molecule has 1 aromatic rings. The molecule has 1 unspecified atom stereocenters. The topological polar surface area (TPSA) is 50.2 Å². The molecule has 2 rings (SSSR count). The van der Waals surface area contributed by atoms with Crippen molar-refractivity contribution in [3.63, 3.8) is 0 Å². The van der Waals surface area contributed by atoms with Crippen LogP contribution in [-0.4, -0.2) is 46.8 Å². The molecule has 1 aliphatic heterocycles. The number of carbonyl (C=O) groups excluding carboxylic acids is 1. The van der Waals surface area contributed by atoms with E-state index >= 15 is 0 Å². The van der Waals surface area contributed by atoms with Crippen LogP contribution in [0.3, 0.4) is 0 Å². The van der Waals surface area contributed by atoms with Crippen LogP contribution in [0.1, 0.15) is 41.0 Å². The average molecular weight is 264 g/mol. The summed E-state index contributed by atoms with van der Waals surface area (Å²) < 4.78 is 1.78. The van der Waals surface area contributed by atoms with Crippen molar-refractivity contribution < 1.29 is 4.79 Å². The van der Waals surface area contributed by atoms with Crippen molar-refractivity contribution in [3.8, 4) is 0 Å². The Labute approximate surface area is 115 Å². The molecule has 1 atom stereocenters. The van der Waals surface area contributed by atoms with Crippen LogP contribution in [0.2, 0.25) is 0 Å². The van der Waals surface area contributed by atoms with E-state index in [1.54, 1.807) is 4.68 Å². The molecule has 0 aliphatic carbocycles. The number of nitrogens with zero attached hydrogens (tertiary/aromatic N) is 3. The number of carbonyl (C=O) groups is 1. The summed E-state index contributed by atoms with van der Waals surface area (Å²) in [4.78, 5) is 14.6. The van der Waals surface area contributed by atoms with Gasteiger partial charge in [0.2, 0.25) is 0 Å². The van der Waals surface area contributed by atoms with Gasteiger partial charge >= 0.3 is 0 Å². The second-order valence-corrected chi connectivity index (χ2v) is 5.42. The Morgan fingerprint density at radius 3 is 2.74 bits per heavy atom. The van der Waals surface area contributed by atoms with Crippen molar-refractivity contribution in [2.45, 2.75) is 39.2 Å². The molecule has 1 aliphatic rings. The Kier molecular flexibility index (Phi) is 4.24. The molecule has 5 heteroatoms. The van der Waals surface area contributed by atoms with Crippen LogP contribution in [0.4, 0.5) is 0 Å². The molecule has 0 aromatic carbocycles. The lowest BCUT2D eigenvalue weighted by atomic mass is 10.1. The molecule has 0 saturated carbocycles. The Morgan fingerprint density at radius 2 is 2.11 bits per heavy atom. The number of hydrogen-bond acceptors (Lipinski definition) is 3. The summed E-state index contributed by atoms with van der Waals surface area (Å²) in [6, 6.07) is 0.335. The summed E-state index contributed by atoms with van der Waals surface area (Å²) in [6.07, 6.45) is 3.24. The zero-order valence-electron chi connectivity index (χ0n) is 12.4. The van der Waals surface area contributed by atoms with Crippen molar-refractivity contribution in [1.82, 2.24) is 20.0 Å². The normalized spacial score (nSPS) is 20.1. The van der Waals surface area contributed by atoms with Gasteiger partial charge in [0.15, 0.2) is 0 Å². The smallest absolute Gasteiger partial charge is 0.257 e. The van der Waals surface area contributed by atoms with E-state index in [9.17, 15) is 4.79 Å². The fourth-order valence-electron chi connectivity index (χ4n) is 2.81. The number of rotatable bonds is 2. The van der Waals surface area contributed by atoms with E-state index < -0.39 is 0 Å². The maximum absolute atomic E-state index is 12.7. The lowest BCUT2D eigenvalue weighted by Crippen LogP contribution is -2.38. The van der Waals surface area contributed by atoms with Crippen LogP contribution >= 0.6 is 0 Å². The minimum Gasteiger partial charge on any atom is -0.339 e. The van der Waals surface area contributed by atoms with Gasteiger partial charge in [-0.1, -0.05) is 0 Å². The van der Waals surface area contributed by atoms with Crippen LogP contribution in [0.25, 0.3) is 0 Å². The maximum Gasteiger partial charge on any atom is 0.257 e. The Balaban J connectivity index is 2.18. The molecule has 0 spiro atoms. The number of amides is 1. The molecule has 106 valence electrons. The summed E-state index contributed by atoms with van der Waals surface area (Å²) in [5, 5.41) is 7.72. The van der Waals surface area contributed by atoms with Crippen molar-refractivity contribution in [3.05, 3.63) is 17.0 Å². The summed E-state index contributed by atoms with van der Waals surface area (Å²) in [7, 11) is 3.80. The predicted molar refractivity (Wildman–Crippen MR) is 75.3 cm³/mol. The van der Waals surface area contributed by atoms with E-state index in [-0.39, 0.29) is 5.91 Å². The van der Waals surface area contributed by atoms with Gasteiger partial charge in [-0.15, -0.1) is 0 Å². The minimum atomic E-state index is 0.106. The van der Waals surface area contributed by atoms with Crippen LogP contribution < -0.4 is 5.32 Å². The van der Waals surface area contributed by atoms with Crippen LogP contribution in [0, 0.1) is 13.8 Å². The average Bonchev–Trinajstić information content (AvgIpc) is 2.62. The standard InChI is InChI=1S/C14H24N4O/c1-10-13(11(2)18(4)16-10)14(19)17(3)12-6-5-8-15-9-7-12/h12,15H,5-9H2,1-4H3. The van der Waals surface area contributed by atoms with E-state index in [1.807, 2.05) is 32.8 Å². The highest BCUT2D eigenvalue weighted by Crippen LogP contribution is 2.19. The second kappa shape index (κ2) is 5.74. The van der Waals surface area contributed by atoms with Gasteiger partial charge in [0.05, 0.1) is 11.3 Å². The third-order valence-electron chi connectivity index (χ3n) is 4.14. The monoisotopic (exact) mass is 264 g/mol. The minimum absolute atomic E-state index is 0.106. The van der Waals surface area contributed by atoms with Crippen LogP contribution in [-0.2, 0) is 7.05 Å². The first kappa shape index (κ1) is 14.1. The molecule has 1 N–H and O–H groups in total. The van der Waals surface area contributed by atoms with Gasteiger partial charge in [0.1, 0.15) is 0 Å². The molecule has 1 amide bonds. The van der Waals surface area contributed by atoms with Crippen LogP contribution in [0.15, 0.2) is 0 Å². The quantitative estimate of drug-likeness (QED) is 0.874. The van der Waals surface area contributed by atoms with E-state index in [1.165, 1.54) is 0 Å². The molecule has 5 nitrogen and oxygen atoms in total. The molecule has 19 heavy (non-hydrogen) atoms. The highest BCUT2D eigenvalue weighted by atomic mass is 16.2. The maximum atomic E-state index is 12.7. The van der Waals surface area contributed by atoms with Gasteiger partial charge in [-0.2, -0.15) is 5.10 Å². The zero-order valence-corrected chi connectivity index (χ0v) is 12.4. The van der Waals surface area contributed by atoms with Gasteiger partial charge in [-0.3, -0.25) is 9.48 Å². The van der Waals surface area contributed by atoms with Gasteiger partial charge in [-0.25, -0.2) is 0 Å². The molecular formula is C14H24N4O. The molecule has 1 aromatic heterocycles. The van der Waals surface area contributed by atoms with Gasteiger partial charge in [0, 0.05) is 25.8 Å². The number of aryl methyl sites for hydroxylation is 2. The molecule has 1 fully saturated rings. The van der Waals surface area contributed by atoms with Gasteiger partial charge in [-0.05, 0) is 46.2 Å². The highest BCUT2D eigenvalue weighted by molar-refractivity contribution is 5.96. The van der Waals surface area contributed by atoms with E-state index in [0.717, 1.165) is 49.3 Å². The van der Waals surface area contributed by atoms with Crippen molar-refractivity contribution in [2.75, 3.05) is 20.1 Å². The molecule has 1 saturated heterocycles. The number of nitrogens with one attached hydrogen (secondary N) is 1. The zero-order chi connectivity index (χ0) is 14.0. The Bertz CT molecular complexity index is 458. The van der Waals surface area contributed by atoms with Crippen molar-refractivity contribution >= 4 is 5.91 Å². The third kappa shape index (κ3) is 2.81. The lowest BCUT2D eigenvalue weighted by Gasteiger charge is -2.27. The van der Waals surface area contributed by atoms with Crippen LogP contribution in [0.5, 0.6) is 0 Å². The Morgan fingerprint density at radius 1 is 1.37 bits per heavy atom.